The summed E-state index contributed by atoms with van der Waals surface area (Å²) >= 11 is 0. The van der Waals surface area contributed by atoms with Crippen molar-refractivity contribution in [1.29, 1.82) is 0 Å². The van der Waals surface area contributed by atoms with E-state index in [1.807, 2.05) is 0 Å². The predicted octanol–water partition coefficient (Wildman–Crippen LogP) is 15.3. The molecule has 0 unspecified atom stereocenters. The number of nitrogens with zero attached hydrogens (tertiary/aromatic N) is 2. The van der Waals surface area contributed by atoms with Crippen molar-refractivity contribution in [3.8, 4) is 16.8 Å². The van der Waals surface area contributed by atoms with Crippen LogP contribution in [0, 0.1) is 0 Å². The van der Waals surface area contributed by atoms with E-state index in [0.29, 0.717) is 0 Å². The van der Waals surface area contributed by atoms with Gasteiger partial charge in [-0.3, -0.25) is 0 Å². The summed E-state index contributed by atoms with van der Waals surface area (Å²) in [6.07, 6.45) is 0. The summed E-state index contributed by atoms with van der Waals surface area (Å²) in [5.74, 6) is 0. The van der Waals surface area contributed by atoms with Gasteiger partial charge < -0.3 is 13.9 Å². The summed E-state index contributed by atoms with van der Waals surface area (Å²) in [5.41, 5.74) is 10.6. The Morgan fingerprint density at radius 1 is 0.351 bits per heavy atom. The lowest BCUT2D eigenvalue weighted by molar-refractivity contribution is 0.670. The second-order valence-corrected chi connectivity index (χ2v) is 14.8. The Balaban J connectivity index is 1.25. The summed E-state index contributed by atoms with van der Waals surface area (Å²) in [6.45, 7) is 0. The van der Waals surface area contributed by atoms with Crippen LogP contribution in [-0.2, 0) is 0 Å². The molecule has 0 amide bonds. The fourth-order valence-electron chi connectivity index (χ4n) is 9.30. The second-order valence-electron chi connectivity index (χ2n) is 14.8. The largest absolute Gasteiger partial charge is 0.455 e. The van der Waals surface area contributed by atoms with Crippen LogP contribution in [0.2, 0.25) is 0 Å². The number of hydrogen-bond donors (Lipinski definition) is 0. The molecule has 3 nitrogen and oxygen atoms in total. The van der Waals surface area contributed by atoms with Gasteiger partial charge >= 0.3 is 0 Å². The Hall–Kier alpha value is -7.62. The quantitative estimate of drug-likeness (QED) is 0.165. The average molecular weight is 727 g/mol. The van der Waals surface area contributed by atoms with Crippen LogP contribution in [0.25, 0.3) is 92.9 Å². The molecule has 266 valence electrons. The van der Waals surface area contributed by atoms with Crippen molar-refractivity contribution in [2.45, 2.75) is 0 Å². The first-order valence-corrected chi connectivity index (χ1v) is 19.5. The van der Waals surface area contributed by atoms with E-state index in [0.717, 1.165) is 61.3 Å². The zero-order valence-electron chi connectivity index (χ0n) is 30.9. The van der Waals surface area contributed by atoms with Crippen molar-refractivity contribution in [2.24, 2.45) is 0 Å². The molecule has 0 aliphatic carbocycles. The second kappa shape index (κ2) is 12.5. The van der Waals surface area contributed by atoms with Gasteiger partial charge in [-0.1, -0.05) is 158 Å². The van der Waals surface area contributed by atoms with E-state index in [4.69, 9.17) is 4.42 Å². The summed E-state index contributed by atoms with van der Waals surface area (Å²) < 4.78 is 9.42. The highest BCUT2D eigenvalue weighted by molar-refractivity contribution is 6.22. The normalized spacial score (nSPS) is 11.9. The average Bonchev–Trinajstić information content (AvgIpc) is 3.84. The topological polar surface area (TPSA) is 21.3 Å². The number of anilines is 3. The fraction of sp³-hybridized carbons (Fsp3) is 0. The molecule has 2 heterocycles. The molecule has 0 bridgehead atoms. The van der Waals surface area contributed by atoms with Crippen LogP contribution in [0.1, 0.15) is 0 Å². The number of rotatable bonds is 5. The molecule has 10 aromatic carbocycles. The van der Waals surface area contributed by atoms with E-state index in [9.17, 15) is 0 Å². The van der Waals surface area contributed by atoms with Gasteiger partial charge in [0.15, 0.2) is 0 Å². The summed E-state index contributed by atoms with van der Waals surface area (Å²) in [5, 5.41) is 11.8. The first kappa shape index (κ1) is 31.7. The van der Waals surface area contributed by atoms with Gasteiger partial charge in [0, 0.05) is 32.8 Å². The Morgan fingerprint density at radius 2 is 0.982 bits per heavy atom. The first-order valence-electron chi connectivity index (χ1n) is 19.5. The van der Waals surface area contributed by atoms with Crippen LogP contribution in [0.15, 0.2) is 211 Å². The SMILES string of the molecule is c1ccc(-n2c3ccccc3c3cccc(N(c4cccc5c4ccc4ccccc45)c4ccc(-c5cccc6ccccc56)c5oc6ccccc6c45)c32)cc1. The van der Waals surface area contributed by atoms with Crippen molar-refractivity contribution in [3.05, 3.63) is 206 Å². The summed E-state index contributed by atoms with van der Waals surface area (Å²) in [6, 6.07) is 74.5. The molecule has 12 aromatic rings. The Morgan fingerprint density at radius 3 is 1.84 bits per heavy atom. The standard InChI is InChI=1S/C54H34N2O/c1-2-18-37(19-3-1)55-47-27-10-8-22-42(47)44-26-14-29-50(53(44)55)56(48-28-13-25-40-39-21-7-5-16-36(39)31-32-43(40)48)49-34-33-45(41-24-12-17-35-15-4-6-20-38(35)41)54-52(49)46-23-9-11-30-51(46)57-54/h1-34H. The van der Waals surface area contributed by atoms with Crippen LogP contribution in [0.3, 0.4) is 0 Å². The van der Waals surface area contributed by atoms with Gasteiger partial charge in [-0.25, -0.2) is 0 Å². The van der Waals surface area contributed by atoms with Crippen LogP contribution in [0.4, 0.5) is 17.1 Å². The van der Waals surface area contributed by atoms with Crippen LogP contribution in [0.5, 0.6) is 0 Å². The smallest absolute Gasteiger partial charge is 0.145 e. The summed E-state index contributed by atoms with van der Waals surface area (Å²) in [7, 11) is 0. The number of fused-ring (bicyclic) bond motifs is 10. The maximum absolute atomic E-state index is 6.99. The van der Waals surface area contributed by atoms with E-state index in [-0.39, 0.29) is 0 Å². The molecule has 0 radical (unpaired) electrons. The molecule has 2 aromatic heterocycles. The third-order valence-electron chi connectivity index (χ3n) is 11.8. The molecule has 0 atom stereocenters. The Kier molecular flexibility index (Phi) is 6.93. The number of benzene rings is 10. The van der Waals surface area contributed by atoms with Crippen molar-refractivity contribution < 1.29 is 4.42 Å². The number of furan rings is 1. The Labute approximate surface area is 328 Å². The summed E-state index contributed by atoms with van der Waals surface area (Å²) in [4.78, 5) is 2.49. The highest BCUT2D eigenvalue weighted by Gasteiger charge is 2.27. The zero-order chi connectivity index (χ0) is 37.5. The minimum Gasteiger partial charge on any atom is -0.455 e. The lowest BCUT2D eigenvalue weighted by Crippen LogP contribution is -2.13. The number of para-hydroxylation sites is 4. The maximum atomic E-state index is 6.99. The highest BCUT2D eigenvalue weighted by Crippen LogP contribution is 2.51. The molecule has 0 spiro atoms. The van der Waals surface area contributed by atoms with E-state index in [1.165, 1.54) is 48.6 Å². The van der Waals surface area contributed by atoms with Crippen molar-refractivity contribution in [3.63, 3.8) is 0 Å². The molecule has 0 fully saturated rings. The molecule has 57 heavy (non-hydrogen) atoms. The molecular weight excluding hydrogens is 693 g/mol. The molecule has 0 saturated carbocycles. The first-order chi connectivity index (χ1) is 28.3. The Bertz CT molecular complexity index is 3530. The van der Waals surface area contributed by atoms with Gasteiger partial charge in [-0.2, -0.15) is 0 Å². The minimum atomic E-state index is 0.863. The van der Waals surface area contributed by atoms with Gasteiger partial charge in [0.2, 0.25) is 0 Å². The zero-order valence-corrected chi connectivity index (χ0v) is 30.9. The van der Waals surface area contributed by atoms with E-state index >= 15 is 0 Å². The molecule has 0 N–H and O–H groups in total. The monoisotopic (exact) mass is 726 g/mol. The third kappa shape index (κ3) is 4.73. The lowest BCUT2D eigenvalue weighted by atomic mass is 9.95. The van der Waals surface area contributed by atoms with Crippen LogP contribution in [-0.4, -0.2) is 4.57 Å². The van der Waals surface area contributed by atoms with Gasteiger partial charge in [0.05, 0.1) is 33.5 Å². The van der Waals surface area contributed by atoms with Gasteiger partial charge in [-0.15, -0.1) is 0 Å². The molecule has 0 saturated heterocycles. The third-order valence-corrected chi connectivity index (χ3v) is 11.8. The molecular formula is C54H34N2O. The molecule has 12 rings (SSSR count). The van der Waals surface area contributed by atoms with Gasteiger partial charge in [0.25, 0.3) is 0 Å². The fourth-order valence-corrected chi connectivity index (χ4v) is 9.30. The van der Waals surface area contributed by atoms with E-state index < -0.39 is 0 Å². The van der Waals surface area contributed by atoms with E-state index in [1.54, 1.807) is 0 Å². The molecule has 0 aliphatic heterocycles. The number of hydrogen-bond acceptors (Lipinski definition) is 2. The van der Waals surface area contributed by atoms with Crippen LogP contribution >= 0.6 is 0 Å². The van der Waals surface area contributed by atoms with Crippen molar-refractivity contribution in [1.82, 2.24) is 4.57 Å². The molecule has 3 heteroatoms. The van der Waals surface area contributed by atoms with Gasteiger partial charge in [0.1, 0.15) is 11.2 Å². The minimum absolute atomic E-state index is 0.863. The highest BCUT2D eigenvalue weighted by atomic mass is 16.3. The lowest BCUT2D eigenvalue weighted by Gasteiger charge is -2.29. The molecule has 0 aliphatic rings. The predicted molar refractivity (Wildman–Crippen MR) is 241 cm³/mol. The van der Waals surface area contributed by atoms with Gasteiger partial charge in [-0.05, 0) is 81.0 Å². The van der Waals surface area contributed by atoms with E-state index in [2.05, 4.69) is 216 Å². The maximum Gasteiger partial charge on any atom is 0.145 e. The van der Waals surface area contributed by atoms with Crippen LogP contribution < -0.4 is 4.90 Å². The van der Waals surface area contributed by atoms with Crippen molar-refractivity contribution in [2.75, 3.05) is 4.90 Å². The van der Waals surface area contributed by atoms with Crippen molar-refractivity contribution >= 4 is 93.1 Å². The number of aromatic nitrogens is 1.